The van der Waals surface area contributed by atoms with Crippen molar-refractivity contribution in [2.75, 3.05) is 19.5 Å². The van der Waals surface area contributed by atoms with Gasteiger partial charge in [0, 0.05) is 22.3 Å². The van der Waals surface area contributed by atoms with E-state index in [1.807, 2.05) is 13.8 Å². The third-order valence-corrected chi connectivity index (χ3v) is 4.21. The van der Waals surface area contributed by atoms with Gasteiger partial charge in [0.2, 0.25) is 5.91 Å². The van der Waals surface area contributed by atoms with Gasteiger partial charge in [-0.2, -0.15) is 0 Å². The fourth-order valence-corrected chi connectivity index (χ4v) is 2.58. The van der Waals surface area contributed by atoms with E-state index in [0.717, 1.165) is 0 Å². The molecule has 27 heavy (non-hydrogen) atoms. The third kappa shape index (κ3) is 5.62. The van der Waals surface area contributed by atoms with Gasteiger partial charge in [-0.15, -0.1) is 0 Å². The van der Waals surface area contributed by atoms with Crippen molar-refractivity contribution >= 4 is 29.1 Å². The number of carbonyl (C=O) groups is 2. The Morgan fingerprint density at radius 1 is 0.963 bits per heavy atom. The first-order valence-electron chi connectivity index (χ1n) is 8.44. The number of nitrogens with one attached hydrogen (secondary N) is 2. The normalized spacial score (nSPS) is 11.6. The van der Waals surface area contributed by atoms with Crippen molar-refractivity contribution in [1.82, 2.24) is 5.32 Å². The van der Waals surface area contributed by atoms with Crippen LogP contribution < -0.4 is 20.1 Å². The monoisotopic (exact) mass is 390 g/mol. The molecule has 2 rings (SSSR count). The molecule has 2 aromatic carbocycles. The number of amides is 2. The smallest absolute Gasteiger partial charge is 0.252 e. The van der Waals surface area contributed by atoms with Crippen molar-refractivity contribution < 1.29 is 19.1 Å². The summed E-state index contributed by atoms with van der Waals surface area (Å²) < 4.78 is 10.4. The maximum Gasteiger partial charge on any atom is 0.252 e. The Morgan fingerprint density at radius 3 is 2.00 bits per heavy atom. The maximum atomic E-state index is 12.7. The van der Waals surface area contributed by atoms with E-state index < -0.39 is 11.9 Å². The standard InChI is InChI=1S/C20H23ClN2O4/c1-12(2)18(20(25)22-15-7-5-14(21)6-8-15)23-19(24)13-9-16(26-3)11-17(10-13)27-4/h5-12,18H,1-4H3,(H,22,25)(H,23,24). The summed E-state index contributed by atoms with van der Waals surface area (Å²) in [6.07, 6.45) is 0. The number of methoxy groups -OCH3 is 2. The predicted octanol–water partition coefficient (Wildman–Crippen LogP) is 3.75. The van der Waals surface area contributed by atoms with Crippen molar-refractivity contribution in [1.29, 1.82) is 0 Å². The molecule has 0 heterocycles. The Kier molecular flexibility index (Phi) is 7.07. The highest BCUT2D eigenvalue weighted by molar-refractivity contribution is 6.30. The number of benzene rings is 2. The minimum atomic E-state index is -0.717. The molecule has 0 bridgehead atoms. The van der Waals surface area contributed by atoms with Gasteiger partial charge < -0.3 is 20.1 Å². The highest BCUT2D eigenvalue weighted by atomic mass is 35.5. The molecule has 0 aliphatic heterocycles. The number of hydrogen-bond acceptors (Lipinski definition) is 4. The van der Waals surface area contributed by atoms with Crippen molar-refractivity contribution in [3.63, 3.8) is 0 Å². The van der Waals surface area contributed by atoms with Crippen LogP contribution in [0.2, 0.25) is 5.02 Å². The van der Waals surface area contributed by atoms with E-state index in [2.05, 4.69) is 10.6 Å². The maximum absolute atomic E-state index is 12.7. The van der Waals surface area contributed by atoms with Gasteiger partial charge in [0.15, 0.2) is 0 Å². The minimum absolute atomic E-state index is 0.117. The highest BCUT2D eigenvalue weighted by Crippen LogP contribution is 2.23. The summed E-state index contributed by atoms with van der Waals surface area (Å²) in [5.74, 6) is 0.166. The van der Waals surface area contributed by atoms with E-state index in [9.17, 15) is 9.59 Å². The highest BCUT2D eigenvalue weighted by Gasteiger charge is 2.25. The van der Waals surface area contributed by atoms with Crippen LogP contribution in [0.3, 0.4) is 0 Å². The quantitative estimate of drug-likeness (QED) is 0.754. The first-order valence-corrected chi connectivity index (χ1v) is 8.82. The molecule has 0 spiro atoms. The van der Waals surface area contributed by atoms with Crippen molar-refractivity contribution in [3.05, 3.63) is 53.1 Å². The van der Waals surface area contributed by atoms with Crippen LogP contribution in [0.1, 0.15) is 24.2 Å². The lowest BCUT2D eigenvalue weighted by molar-refractivity contribution is -0.118. The largest absolute Gasteiger partial charge is 0.497 e. The van der Waals surface area contributed by atoms with Gasteiger partial charge >= 0.3 is 0 Å². The second-order valence-electron chi connectivity index (χ2n) is 6.29. The molecule has 144 valence electrons. The summed E-state index contributed by atoms with van der Waals surface area (Å²) in [5.41, 5.74) is 0.948. The number of hydrogen-bond donors (Lipinski definition) is 2. The fourth-order valence-electron chi connectivity index (χ4n) is 2.45. The summed E-state index contributed by atoms with van der Waals surface area (Å²) >= 11 is 5.86. The van der Waals surface area contributed by atoms with Gasteiger partial charge in [-0.25, -0.2) is 0 Å². The zero-order valence-electron chi connectivity index (χ0n) is 15.7. The van der Waals surface area contributed by atoms with Gasteiger partial charge in [0.05, 0.1) is 14.2 Å². The van der Waals surface area contributed by atoms with Crippen molar-refractivity contribution in [3.8, 4) is 11.5 Å². The Balaban J connectivity index is 2.16. The van der Waals surface area contributed by atoms with Crippen LogP contribution in [0.5, 0.6) is 11.5 Å². The fraction of sp³-hybridized carbons (Fsp3) is 0.300. The molecule has 0 aliphatic rings. The first kappa shape index (κ1) is 20.6. The molecular formula is C20H23ClN2O4. The van der Waals surface area contributed by atoms with Gasteiger partial charge in [-0.05, 0) is 42.3 Å². The summed E-state index contributed by atoms with van der Waals surface area (Å²) in [6.45, 7) is 3.72. The molecule has 2 aromatic rings. The summed E-state index contributed by atoms with van der Waals surface area (Å²) in [5, 5.41) is 6.15. The Morgan fingerprint density at radius 2 is 1.52 bits per heavy atom. The Hall–Kier alpha value is -2.73. The number of rotatable bonds is 7. The second kappa shape index (κ2) is 9.28. The molecule has 0 radical (unpaired) electrons. The molecule has 0 saturated heterocycles. The third-order valence-electron chi connectivity index (χ3n) is 3.96. The van der Waals surface area contributed by atoms with E-state index in [4.69, 9.17) is 21.1 Å². The number of ether oxygens (including phenoxy) is 2. The molecule has 7 heteroatoms. The van der Waals surface area contributed by atoms with Crippen LogP contribution in [-0.2, 0) is 4.79 Å². The number of carbonyl (C=O) groups excluding carboxylic acids is 2. The molecule has 0 fully saturated rings. The molecular weight excluding hydrogens is 368 g/mol. The second-order valence-corrected chi connectivity index (χ2v) is 6.73. The molecule has 0 saturated carbocycles. The van der Waals surface area contributed by atoms with Gasteiger partial charge in [-0.3, -0.25) is 9.59 Å². The van der Waals surface area contributed by atoms with E-state index in [1.54, 1.807) is 42.5 Å². The van der Waals surface area contributed by atoms with E-state index >= 15 is 0 Å². The zero-order valence-corrected chi connectivity index (χ0v) is 16.5. The van der Waals surface area contributed by atoms with E-state index in [1.165, 1.54) is 14.2 Å². The average Bonchev–Trinajstić information content (AvgIpc) is 2.66. The summed E-state index contributed by atoms with van der Waals surface area (Å²) in [7, 11) is 3.01. The Bertz CT molecular complexity index is 784. The molecule has 2 amide bonds. The molecule has 0 aromatic heterocycles. The predicted molar refractivity (Wildman–Crippen MR) is 106 cm³/mol. The molecule has 1 unspecified atom stereocenters. The molecule has 1 atom stereocenters. The van der Waals surface area contributed by atoms with E-state index in [-0.39, 0.29) is 11.8 Å². The van der Waals surface area contributed by atoms with Crippen molar-refractivity contribution in [2.24, 2.45) is 5.92 Å². The summed E-state index contributed by atoms with van der Waals surface area (Å²) in [6, 6.07) is 10.9. The van der Waals surface area contributed by atoms with Gasteiger partial charge in [-0.1, -0.05) is 25.4 Å². The van der Waals surface area contributed by atoms with Crippen LogP contribution in [0.25, 0.3) is 0 Å². The first-order chi connectivity index (χ1) is 12.8. The lowest BCUT2D eigenvalue weighted by Crippen LogP contribution is -2.47. The lowest BCUT2D eigenvalue weighted by Gasteiger charge is -2.22. The average molecular weight is 391 g/mol. The number of halogens is 1. The number of anilines is 1. The lowest BCUT2D eigenvalue weighted by atomic mass is 10.0. The van der Waals surface area contributed by atoms with Crippen LogP contribution in [0, 0.1) is 5.92 Å². The van der Waals surface area contributed by atoms with Gasteiger partial charge in [0.1, 0.15) is 17.5 Å². The van der Waals surface area contributed by atoms with Crippen LogP contribution in [-0.4, -0.2) is 32.1 Å². The molecule has 0 aliphatic carbocycles. The zero-order chi connectivity index (χ0) is 20.0. The Labute approximate surface area is 163 Å². The van der Waals surface area contributed by atoms with Crippen LogP contribution >= 0.6 is 11.6 Å². The SMILES string of the molecule is COc1cc(OC)cc(C(=O)NC(C(=O)Nc2ccc(Cl)cc2)C(C)C)c1. The molecule has 6 nitrogen and oxygen atoms in total. The van der Waals surface area contributed by atoms with Crippen LogP contribution in [0.4, 0.5) is 5.69 Å². The van der Waals surface area contributed by atoms with Crippen molar-refractivity contribution in [2.45, 2.75) is 19.9 Å². The molecule has 2 N–H and O–H groups in total. The minimum Gasteiger partial charge on any atom is -0.497 e. The summed E-state index contributed by atoms with van der Waals surface area (Å²) in [4.78, 5) is 25.3. The van der Waals surface area contributed by atoms with E-state index in [0.29, 0.717) is 27.8 Å². The van der Waals surface area contributed by atoms with Crippen LogP contribution in [0.15, 0.2) is 42.5 Å². The topological polar surface area (TPSA) is 76.7 Å². The van der Waals surface area contributed by atoms with Gasteiger partial charge in [0.25, 0.3) is 5.91 Å².